The molecule has 0 unspecified atom stereocenters. The predicted molar refractivity (Wildman–Crippen MR) is 82.0 cm³/mol. The molecule has 0 saturated carbocycles. The summed E-state index contributed by atoms with van der Waals surface area (Å²) in [6, 6.07) is 5.06. The third-order valence-electron chi connectivity index (χ3n) is 3.15. The van der Waals surface area contributed by atoms with Crippen LogP contribution in [0.2, 0.25) is 0 Å². The monoisotopic (exact) mass is 293 g/mol. The highest BCUT2D eigenvalue weighted by Gasteiger charge is 2.19. The van der Waals surface area contributed by atoms with Gasteiger partial charge in [0.25, 0.3) is 0 Å². The average Bonchev–Trinajstić information content (AvgIpc) is 2.43. The molecule has 5 heteroatoms. The van der Waals surface area contributed by atoms with E-state index < -0.39 is 12.1 Å². The van der Waals surface area contributed by atoms with Crippen LogP contribution in [-0.4, -0.2) is 23.8 Å². The number of benzene rings is 1. The smallest absolute Gasteiger partial charge is 0.411 e. The lowest BCUT2D eigenvalue weighted by molar-refractivity contribution is 0.0696. The van der Waals surface area contributed by atoms with Gasteiger partial charge in [0, 0.05) is 0 Å². The number of aromatic carboxylic acids is 1. The van der Waals surface area contributed by atoms with Gasteiger partial charge in [-0.1, -0.05) is 45.7 Å². The Hall–Kier alpha value is -2.04. The second kappa shape index (κ2) is 8.29. The van der Waals surface area contributed by atoms with E-state index in [0.717, 1.165) is 19.3 Å². The summed E-state index contributed by atoms with van der Waals surface area (Å²) in [7, 11) is 0. The van der Waals surface area contributed by atoms with E-state index in [-0.39, 0.29) is 17.2 Å². The molecule has 0 heterocycles. The Balaban J connectivity index is 2.81. The minimum absolute atomic E-state index is 0.0541. The largest absolute Gasteiger partial charge is 0.478 e. The van der Waals surface area contributed by atoms with Crippen LogP contribution in [0.4, 0.5) is 10.5 Å². The predicted octanol–water partition coefficient (Wildman–Crippen LogP) is 4.25. The Morgan fingerprint density at radius 2 is 2.00 bits per heavy atom. The molecule has 0 saturated heterocycles. The van der Waals surface area contributed by atoms with Crippen molar-refractivity contribution in [3.05, 3.63) is 29.3 Å². The number of rotatable bonds is 7. The first-order valence-electron chi connectivity index (χ1n) is 7.27. The van der Waals surface area contributed by atoms with E-state index in [2.05, 4.69) is 12.2 Å². The number of amides is 1. The number of unbranched alkanes of at least 4 members (excludes halogenated alkanes) is 2. The summed E-state index contributed by atoms with van der Waals surface area (Å²) in [6.45, 7) is 6.23. The molecule has 0 spiro atoms. The Morgan fingerprint density at radius 3 is 2.57 bits per heavy atom. The van der Waals surface area contributed by atoms with Gasteiger partial charge in [-0.05, 0) is 24.0 Å². The molecule has 1 aromatic carbocycles. The first-order valence-corrected chi connectivity index (χ1v) is 7.27. The number of ether oxygens (including phenoxy) is 1. The number of carboxylic acids is 1. The van der Waals surface area contributed by atoms with Gasteiger partial charge in [-0.15, -0.1) is 0 Å². The molecule has 1 amide bonds. The normalized spacial score (nSPS) is 10.5. The molecule has 21 heavy (non-hydrogen) atoms. The summed E-state index contributed by atoms with van der Waals surface area (Å²) in [5.74, 6) is -1.00. The molecule has 0 aromatic heterocycles. The zero-order chi connectivity index (χ0) is 15.8. The highest BCUT2D eigenvalue weighted by atomic mass is 16.5. The van der Waals surface area contributed by atoms with Gasteiger partial charge in [-0.25, -0.2) is 9.59 Å². The van der Waals surface area contributed by atoms with Crippen molar-refractivity contribution in [1.29, 1.82) is 0 Å². The van der Waals surface area contributed by atoms with Gasteiger partial charge in [0.1, 0.15) is 0 Å². The van der Waals surface area contributed by atoms with E-state index in [9.17, 15) is 14.7 Å². The van der Waals surface area contributed by atoms with Crippen LogP contribution in [0.25, 0.3) is 0 Å². The van der Waals surface area contributed by atoms with E-state index in [1.807, 2.05) is 13.8 Å². The molecule has 1 aromatic rings. The second-order valence-electron chi connectivity index (χ2n) is 5.20. The number of hydrogen-bond donors (Lipinski definition) is 2. The Morgan fingerprint density at radius 1 is 1.29 bits per heavy atom. The van der Waals surface area contributed by atoms with Crippen LogP contribution in [0.15, 0.2) is 18.2 Å². The van der Waals surface area contributed by atoms with Crippen LogP contribution >= 0.6 is 0 Å². The number of carbonyl (C=O) groups excluding carboxylic acids is 1. The molecule has 0 fully saturated rings. The molecule has 0 aliphatic carbocycles. The molecule has 0 atom stereocenters. The van der Waals surface area contributed by atoms with E-state index in [0.29, 0.717) is 12.2 Å². The van der Waals surface area contributed by atoms with Crippen LogP contribution in [0.3, 0.4) is 0 Å². The zero-order valence-corrected chi connectivity index (χ0v) is 12.8. The average molecular weight is 293 g/mol. The lowest BCUT2D eigenvalue weighted by Crippen LogP contribution is -2.18. The van der Waals surface area contributed by atoms with Gasteiger partial charge in [-0.2, -0.15) is 0 Å². The van der Waals surface area contributed by atoms with Crippen LogP contribution in [0.5, 0.6) is 0 Å². The topological polar surface area (TPSA) is 75.6 Å². The first-order chi connectivity index (χ1) is 9.97. The SMILES string of the molecule is CCCCCOC(=O)Nc1cccc(C(C)C)c1C(=O)O. The van der Waals surface area contributed by atoms with E-state index in [1.54, 1.807) is 18.2 Å². The molecule has 0 radical (unpaired) electrons. The zero-order valence-electron chi connectivity index (χ0n) is 12.8. The standard InChI is InChI=1S/C16H23NO4/c1-4-5-6-10-21-16(20)17-13-9-7-8-12(11(2)3)14(13)15(18)19/h7-9,11H,4-6,10H2,1-3H3,(H,17,20)(H,18,19). The van der Waals surface area contributed by atoms with Crippen LogP contribution in [-0.2, 0) is 4.74 Å². The van der Waals surface area contributed by atoms with Crippen LogP contribution in [0.1, 0.15) is 61.9 Å². The number of anilines is 1. The fourth-order valence-electron chi connectivity index (χ4n) is 2.06. The maximum Gasteiger partial charge on any atom is 0.411 e. The summed E-state index contributed by atoms with van der Waals surface area (Å²) in [6.07, 6.45) is 2.23. The van der Waals surface area contributed by atoms with Gasteiger partial charge >= 0.3 is 12.1 Å². The first kappa shape index (κ1) is 17.0. The summed E-state index contributed by atoms with van der Waals surface area (Å²) >= 11 is 0. The maximum absolute atomic E-state index is 11.7. The van der Waals surface area contributed by atoms with Gasteiger partial charge in [0.2, 0.25) is 0 Å². The fourth-order valence-corrected chi connectivity index (χ4v) is 2.06. The van der Waals surface area contributed by atoms with Crippen molar-refractivity contribution in [2.24, 2.45) is 0 Å². The van der Waals surface area contributed by atoms with Crippen LogP contribution < -0.4 is 5.32 Å². The Labute approximate surface area is 125 Å². The number of nitrogens with one attached hydrogen (secondary N) is 1. The highest BCUT2D eigenvalue weighted by molar-refractivity contribution is 6.00. The van der Waals surface area contributed by atoms with E-state index in [4.69, 9.17) is 4.74 Å². The summed E-state index contributed by atoms with van der Waals surface area (Å²) in [4.78, 5) is 23.1. The van der Waals surface area contributed by atoms with Gasteiger partial charge in [-0.3, -0.25) is 5.32 Å². The van der Waals surface area contributed by atoms with Crippen molar-refractivity contribution in [1.82, 2.24) is 0 Å². The molecule has 0 aliphatic rings. The Kier molecular flexibility index (Phi) is 6.72. The lowest BCUT2D eigenvalue weighted by atomic mass is 9.96. The van der Waals surface area contributed by atoms with Crippen molar-refractivity contribution in [2.75, 3.05) is 11.9 Å². The maximum atomic E-state index is 11.7. The molecule has 0 aliphatic heterocycles. The molecular weight excluding hydrogens is 270 g/mol. The number of carbonyl (C=O) groups is 2. The van der Waals surface area contributed by atoms with Crippen molar-refractivity contribution in [3.63, 3.8) is 0 Å². The van der Waals surface area contributed by atoms with Crippen LogP contribution in [0, 0.1) is 0 Å². The summed E-state index contributed by atoms with van der Waals surface area (Å²) < 4.78 is 5.04. The van der Waals surface area contributed by atoms with Crippen molar-refractivity contribution in [2.45, 2.75) is 46.0 Å². The summed E-state index contributed by atoms with van der Waals surface area (Å²) in [5.41, 5.74) is 1.08. The number of carboxylic acid groups (broad SMARTS) is 1. The highest BCUT2D eigenvalue weighted by Crippen LogP contribution is 2.26. The second-order valence-corrected chi connectivity index (χ2v) is 5.20. The molecule has 1 rings (SSSR count). The number of hydrogen-bond acceptors (Lipinski definition) is 3. The minimum atomic E-state index is -1.06. The van der Waals surface area contributed by atoms with Crippen molar-refractivity contribution in [3.8, 4) is 0 Å². The third kappa shape index (κ3) is 5.10. The fraction of sp³-hybridized carbons (Fsp3) is 0.500. The Bertz CT molecular complexity index is 497. The molecule has 116 valence electrons. The summed E-state index contributed by atoms with van der Waals surface area (Å²) in [5, 5.41) is 11.9. The quantitative estimate of drug-likeness (QED) is 0.737. The van der Waals surface area contributed by atoms with Crippen molar-refractivity contribution < 1.29 is 19.4 Å². The van der Waals surface area contributed by atoms with E-state index >= 15 is 0 Å². The third-order valence-corrected chi connectivity index (χ3v) is 3.15. The molecular formula is C16H23NO4. The minimum Gasteiger partial charge on any atom is -0.478 e. The molecule has 2 N–H and O–H groups in total. The lowest BCUT2D eigenvalue weighted by Gasteiger charge is -2.14. The van der Waals surface area contributed by atoms with E-state index in [1.165, 1.54) is 0 Å². The molecule has 0 bridgehead atoms. The van der Waals surface area contributed by atoms with Gasteiger partial charge in [0.15, 0.2) is 0 Å². The molecule has 5 nitrogen and oxygen atoms in total. The van der Waals surface area contributed by atoms with Crippen molar-refractivity contribution >= 4 is 17.7 Å². The van der Waals surface area contributed by atoms with Gasteiger partial charge < -0.3 is 9.84 Å². The van der Waals surface area contributed by atoms with Gasteiger partial charge in [0.05, 0.1) is 17.9 Å².